The van der Waals surface area contributed by atoms with Gasteiger partial charge >= 0.3 is 5.97 Å². The third-order valence-corrected chi connectivity index (χ3v) is 5.47. The molecule has 0 unspecified atom stereocenters. The van der Waals surface area contributed by atoms with Crippen LogP contribution in [0.2, 0.25) is 0 Å². The topological polar surface area (TPSA) is 147 Å². The number of nitrogens with one attached hydrogen (secondary N) is 2. The first-order valence-electron chi connectivity index (χ1n) is 8.79. The molecule has 10 nitrogen and oxygen atoms in total. The third-order valence-electron chi connectivity index (χ3n) is 4.22. The largest absolute Gasteiger partial charge is 0.478 e. The van der Waals surface area contributed by atoms with Gasteiger partial charge in [0.25, 0.3) is 21.5 Å². The fraction of sp³-hybridized carbons (Fsp3) is 0.158. The van der Waals surface area contributed by atoms with Crippen LogP contribution in [-0.2, 0) is 10.0 Å². The van der Waals surface area contributed by atoms with Crippen molar-refractivity contribution < 1.29 is 23.1 Å². The lowest BCUT2D eigenvalue weighted by Gasteiger charge is -2.14. The Morgan fingerprint density at radius 3 is 2.37 bits per heavy atom. The Bertz CT molecular complexity index is 1310. The number of carbonyl (C=O) groups excluding carboxylic acids is 1. The van der Waals surface area contributed by atoms with Gasteiger partial charge in [0.15, 0.2) is 5.69 Å². The van der Waals surface area contributed by atoms with Crippen molar-refractivity contribution in [3.8, 4) is 0 Å². The smallest absolute Gasteiger partial charge is 0.335 e. The zero-order chi connectivity index (χ0) is 22.1. The van der Waals surface area contributed by atoms with E-state index in [-0.39, 0.29) is 38.5 Å². The van der Waals surface area contributed by atoms with Crippen LogP contribution in [0.25, 0.3) is 10.8 Å². The van der Waals surface area contributed by atoms with E-state index < -0.39 is 21.9 Å². The summed E-state index contributed by atoms with van der Waals surface area (Å²) in [5.74, 6) is -2.17. The lowest BCUT2D eigenvalue weighted by molar-refractivity contribution is 0.0696. The highest BCUT2D eigenvalue weighted by molar-refractivity contribution is 7.89. The van der Waals surface area contributed by atoms with Crippen molar-refractivity contribution in [1.82, 2.24) is 20.0 Å². The molecule has 156 valence electrons. The number of carboxylic acids is 1. The van der Waals surface area contributed by atoms with Gasteiger partial charge in [0, 0.05) is 5.39 Å². The molecule has 11 heteroatoms. The van der Waals surface area contributed by atoms with E-state index in [0.29, 0.717) is 0 Å². The molecule has 30 heavy (non-hydrogen) atoms. The van der Waals surface area contributed by atoms with Crippen LogP contribution in [0.1, 0.15) is 40.7 Å². The molecule has 1 heterocycles. The van der Waals surface area contributed by atoms with Crippen molar-refractivity contribution >= 4 is 32.7 Å². The van der Waals surface area contributed by atoms with Crippen molar-refractivity contribution in [1.29, 1.82) is 0 Å². The summed E-state index contributed by atoms with van der Waals surface area (Å²) in [6.45, 7) is 3.45. The minimum Gasteiger partial charge on any atom is -0.478 e. The monoisotopic (exact) mass is 430 g/mol. The summed E-state index contributed by atoms with van der Waals surface area (Å²) < 4.78 is 26.0. The average Bonchev–Trinajstić information content (AvgIpc) is 2.72. The van der Waals surface area contributed by atoms with Gasteiger partial charge in [0.2, 0.25) is 0 Å². The molecule has 1 amide bonds. The molecular formula is C19H18N4O6S. The van der Waals surface area contributed by atoms with E-state index in [1.54, 1.807) is 32.0 Å². The predicted octanol–water partition coefficient (Wildman–Crippen LogP) is 1.30. The van der Waals surface area contributed by atoms with Crippen molar-refractivity contribution in [2.45, 2.75) is 24.8 Å². The van der Waals surface area contributed by atoms with Crippen LogP contribution in [0.4, 0.5) is 0 Å². The molecule has 3 aromatic rings. The molecule has 0 aliphatic rings. The van der Waals surface area contributed by atoms with Crippen LogP contribution in [0, 0.1) is 0 Å². The lowest BCUT2D eigenvalue weighted by atomic mass is 10.1. The molecule has 0 saturated carbocycles. The number of aromatic nitrogens is 2. The van der Waals surface area contributed by atoms with Gasteiger partial charge in [-0.25, -0.2) is 17.9 Å². The molecular weight excluding hydrogens is 412 g/mol. The van der Waals surface area contributed by atoms with Crippen molar-refractivity contribution in [3.05, 3.63) is 70.1 Å². The van der Waals surface area contributed by atoms with E-state index in [1.165, 1.54) is 24.3 Å². The average molecular weight is 430 g/mol. The number of carbonyl (C=O) groups is 2. The second kappa shape index (κ2) is 8.05. The molecule has 0 radical (unpaired) electrons. The van der Waals surface area contributed by atoms with E-state index in [1.807, 2.05) is 4.83 Å². The molecule has 0 atom stereocenters. The Labute approximate surface area is 171 Å². The molecule has 0 aliphatic carbocycles. The number of amides is 1. The van der Waals surface area contributed by atoms with Crippen LogP contribution in [-0.4, -0.2) is 35.2 Å². The van der Waals surface area contributed by atoms with Crippen LogP contribution in [0.3, 0.4) is 0 Å². The number of benzene rings is 2. The van der Waals surface area contributed by atoms with E-state index in [9.17, 15) is 22.8 Å². The minimum atomic E-state index is -4.25. The number of aromatic carboxylic acids is 1. The summed E-state index contributed by atoms with van der Waals surface area (Å²) in [5, 5.41) is 13.6. The fourth-order valence-electron chi connectivity index (χ4n) is 2.75. The standard InChI is InChI=1S/C19H18N4O6S/c1-11(2)23-18(25)15-9-4-3-8-14(15)16(21-23)17(24)20-22-30(28,29)13-7-5-6-12(10-13)19(26)27/h3-11,22H,1-2H3,(H,20,24)(H,26,27). The summed E-state index contributed by atoms with van der Waals surface area (Å²) >= 11 is 0. The van der Waals surface area contributed by atoms with E-state index in [0.717, 1.165) is 10.7 Å². The summed E-state index contributed by atoms with van der Waals surface area (Å²) in [5.41, 5.74) is 1.33. The molecule has 0 fully saturated rings. The van der Waals surface area contributed by atoms with Gasteiger partial charge in [0.05, 0.1) is 21.9 Å². The van der Waals surface area contributed by atoms with Gasteiger partial charge in [-0.1, -0.05) is 24.3 Å². The third kappa shape index (κ3) is 4.07. The van der Waals surface area contributed by atoms with Gasteiger partial charge in [-0.3, -0.25) is 15.0 Å². The SMILES string of the molecule is CC(C)n1nc(C(=O)NNS(=O)(=O)c2cccc(C(=O)O)c2)c2ccccc2c1=O. The molecule has 0 aliphatic heterocycles. The molecule has 1 aromatic heterocycles. The van der Waals surface area contributed by atoms with Gasteiger partial charge in [-0.2, -0.15) is 5.10 Å². The number of hydrazine groups is 1. The second-order valence-electron chi connectivity index (χ2n) is 6.63. The summed E-state index contributed by atoms with van der Waals surface area (Å²) in [7, 11) is -4.25. The molecule has 2 aromatic carbocycles. The minimum absolute atomic E-state index is 0.138. The van der Waals surface area contributed by atoms with Gasteiger partial charge in [0.1, 0.15) is 0 Å². The molecule has 0 spiro atoms. The zero-order valence-corrected chi connectivity index (χ0v) is 16.8. The molecule has 0 bridgehead atoms. The number of rotatable bonds is 6. The summed E-state index contributed by atoms with van der Waals surface area (Å²) in [4.78, 5) is 37.9. The van der Waals surface area contributed by atoms with E-state index in [2.05, 4.69) is 10.5 Å². The fourth-order valence-corrected chi connectivity index (χ4v) is 3.64. The second-order valence-corrected chi connectivity index (χ2v) is 8.31. The normalized spacial score (nSPS) is 11.6. The first kappa shape index (κ1) is 21.1. The number of hydrogen-bond acceptors (Lipinski definition) is 6. The molecule has 3 rings (SSSR count). The van der Waals surface area contributed by atoms with Crippen LogP contribution in [0.5, 0.6) is 0 Å². The summed E-state index contributed by atoms with van der Waals surface area (Å²) in [6, 6.07) is 10.7. The maximum Gasteiger partial charge on any atom is 0.335 e. The van der Waals surface area contributed by atoms with Gasteiger partial charge in [-0.05, 0) is 38.1 Å². The Balaban J connectivity index is 1.94. The maximum absolute atomic E-state index is 12.7. The first-order chi connectivity index (χ1) is 14.1. The molecule has 0 saturated heterocycles. The van der Waals surface area contributed by atoms with Crippen LogP contribution < -0.4 is 15.8 Å². The van der Waals surface area contributed by atoms with Gasteiger partial charge < -0.3 is 5.11 Å². The predicted molar refractivity (Wildman–Crippen MR) is 108 cm³/mol. The maximum atomic E-state index is 12.7. The highest BCUT2D eigenvalue weighted by atomic mass is 32.2. The molecule has 3 N–H and O–H groups in total. The highest BCUT2D eigenvalue weighted by Gasteiger charge is 2.21. The number of carboxylic acid groups (broad SMARTS) is 1. The Morgan fingerprint density at radius 2 is 1.73 bits per heavy atom. The highest BCUT2D eigenvalue weighted by Crippen LogP contribution is 2.15. The van der Waals surface area contributed by atoms with Crippen molar-refractivity contribution in [2.75, 3.05) is 0 Å². The Kier molecular flexibility index (Phi) is 5.67. The summed E-state index contributed by atoms with van der Waals surface area (Å²) in [6.07, 6.45) is 0. The number of sulfonamides is 1. The number of hydrogen-bond donors (Lipinski definition) is 3. The van der Waals surface area contributed by atoms with E-state index in [4.69, 9.17) is 5.11 Å². The van der Waals surface area contributed by atoms with Gasteiger partial charge in [-0.15, -0.1) is 4.83 Å². The van der Waals surface area contributed by atoms with Crippen LogP contribution >= 0.6 is 0 Å². The number of fused-ring (bicyclic) bond motifs is 1. The lowest BCUT2D eigenvalue weighted by Crippen LogP contribution is -2.42. The van der Waals surface area contributed by atoms with E-state index >= 15 is 0 Å². The quantitative estimate of drug-likeness (QED) is 0.499. The van der Waals surface area contributed by atoms with Crippen molar-refractivity contribution in [3.63, 3.8) is 0 Å². The first-order valence-corrected chi connectivity index (χ1v) is 10.3. The Morgan fingerprint density at radius 1 is 1.07 bits per heavy atom. The van der Waals surface area contributed by atoms with Crippen LogP contribution in [0.15, 0.2) is 58.2 Å². The zero-order valence-electron chi connectivity index (χ0n) is 16.0. The Hall–Kier alpha value is -3.57. The number of nitrogens with zero attached hydrogens (tertiary/aromatic N) is 2. The van der Waals surface area contributed by atoms with Crippen molar-refractivity contribution in [2.24, 2.45) is 0 Å².